The SMILES string of the molecule is O=C(O)c1ccccc1N1C(=O)C2Cc3c([nH]c4ccccc34)C(c3cccc(Cl)c3)N2C1=O. The van der Waals surface area contributed by atoms with Gasteiger partial charge in [-0.05, 0) is 41.5 Å². The van der Waals surface area contributed by atoms with Crippen LogP contribution in [0.4, 0.5) is 10.5 Å². The average molecular weight is 472 g/mol. The van der Waals surface area contributed by atoms with Gasteiger partial charge in [0, 0.05) is 28.0 Å². The molecular weight excluding hydrogens is 454 g/mol. The van der Waals surface area contributed by atoms with E-state index in [2.05, 4.69) is 4.98 Å². The molecule has 1 aromatic heterocycles. The molecule has 34 heavy (non-hydrogen) atoms. The first-order valence-corrected chi connectivity index (χ1v) is 11.2. The molecule has 0 aliphatic carbocycles. The predicted molar refractivity (Wildman–Crippen MR) is 127 cm³/mol. The number of imide groups is 1. The summed E-state index contributed by atoms with van der Waals surface area (Å²) in [6.07, 6.45) is 0.326. The number of carbonyl (C=O) groups excluding carboxylic acids is 2. The lowest BCUT2D eigenvalue weighted by atomic mass is 9.89. The molecule has 2 atom stereocenters. The fourth-order valence-corrected chi connectivity index (χ4v) is 5.37. The van der Waals surface area contributed by atoms with Crippen molar-refractivity contribution in [2.45, 2.75) is 18.5 Å². The molecule has 2 N–H and O–H groups in total. The van der Waals surface area contributed by atoms with Gasteiger partial charge in [0.2, 0.25) is 0 Å². The summed E-state index contributed by atoms with van der Waals surface area (Å²) >= 11 is 6.30. The predicted octanol–water partition coefficient (Wildman–Crippen LogP) is 5.00. The number of halogens is 1. The van der Waals surface area contributed by atoms with Crippen molar-refractivity contribution in [2.24, 2.45) is 0 Å². The maximum Gasteiger partial charge on any atom is 0.337 e. The van der Waals surface area contributed by atoms with Gasteiger partial charge in [-0.1, -0.05) is 54.1 Å². The van der Waals surface area contributed by atoms with Crippen LogP contribution in [0, 0.1) is 0 Å². The van der Waals surface area contributed by atoms with Crippen LogP contribution in [-0.2, 0) is 11.2 Å². The number of hydrogen-bond acceptors (Lipinski definition) is 3. The normalized spacial score (nSPS) is 19.4. The second-order valence-corrected chi connectivity index (χ2v) is 8.86. The first kappa shape index (κ1) is 20.5. The Hall–Kier alpha value is -4.10. The quantitative estimate of drug-likeness (QED) is 0.411. The smallest absolute Gasteiger partial charge is 0.337 e. The molecule has 6 rings (SSSR count). The Morgan fingerprint density at radius 1 is 1.00 bits per heavy atom. The van der Waals surface area contributed by atoms with Gasteiger partial charge in [0.15, 0.2) is 0 Å². The molecule has 2 aliphatic rings. The maximum atomic E-state index is 13.8. The van der Waals surface area contributed by atoms with Crippen LogP contribution in [0.2, 0.25) is 5.02 Å². The second kappa shape index (κ2) is 7.46. The van der Waals surface area contributed by atoms with Crippen molar-refractivity contribution >= 4 is 46.1 Å². The zero-order chi connectivity index (χ0) is 23.6. The molecule has 7 nitrogen and oxygen atoms in total. The van der Waals surface area contributed by atoms with Crippen LogP contribution in [0.5, 0.6) is 0 Å². The first-order valence-electron chi connectivity index (χ1n) is 10.8. The summed E-state index contributed by atoms with van der Waals surface area (Å²) in [7, 11) is 0. The number of aromatic nitrogens is 1. The molecular formula is C26H18ClN3O4. The number of para-hydroxylation sites is 2. The molecule has 3 amide bonds. The van der Waals surface area contributed by atoms with Crippen LogP contribution >= 0.6 is 11.6 Å². The van der Waals surface area contributed by atoms with E-state index in [0.29, 0.717) is 11.4 Å². The highest BCUT2D eigenvalue weighted by Gasteiger charge is 2.53. The van der Waals surface area contributed by atoms with Crippen molar-refractivity contribution in [2.75, 3.05) is 4.90 Å². The summed E-state index contributed by atoms with van der Waals surface area (Å²) in [5, 5.41) is 11.2. The van der Waals surface area contributed by atoms with Crippen LogP contribution in [0.25, 0.3) is 10.9 Å². The number of nitrogens with one attached hydrogen (secondary N) is 1. The van der Waals surface area contributed by atoms with Crippen molar-refractivity contribution in [1.29, 1.82) is 0 Å². The van der Waals surface area contributed by atoms with Crippen molar-refractivity contribution in [3.8, 4) is 0 Å². The molecule has 3 heterocycles. The number of urea groups is 1. The fraction of sp³-hybridized carbons (Fsp3) is 0.115. The minimum absolute atomic E-state index is 0.0674. The number of carboxylic acid groups (broad SMARTS) is 1. The minimum atomic E-state index is -1.20. The third-order valence-corrected chi connectivity index (χ3v) is 6.82. The van der Waals surface area contributed by atoms with E-state index < -0.39 is 30.0 Å². The number of hydrogen-bond donors (Lipinski definition) is 2. The van der Waals surface area contributed by atoms with E-state index in [-0.39, 0.29) is 11.3 Å². The van der Waals surface area contributed by atoms with Crippen molar-refractivity contribution in [3.05, 3.63) is 100 Å². The summed E-state index contributed by atoms with van der Waals surface area (Å²) < 4.78 is 0. The molecule has 0 radical (unpaired) electrons. The molecule has 1 saturated heterocycles. The number of aromatic amines is 1. The van der Waals surface area contributed by atoms with Crippen LogP contribution in [0.3, 0.4) is 0 Å². The molecule has 3 aromatic carbocycles. The van der Waals surface area contributed by atoms with Crippen LogP contribution in [0.15, 0.2) is 72.8 Å². The standard InChI is InChI=1S/C26H18ClN3O4/c27-15-7-5-6-14(12-15)23-22-18(16-8-1-3-10-19(16)28-22)13-21-24(31)30(26(34)29(21)23)20-11-4-2-9-17(20)25(32)33/h1-12,21,23,28H,13H2,(H,32,33). The minimum Gasteiger partial charge on any atom is -0.478 e. The summed E-state index contributed by atoms with van der Waals surface area (Å²) in [5.74, 6) is -1.65. The van der Waals surface area contributed by atoms with Gasteiger partial charge < -0.3 is 10.1 Å². The molecule has 2 unspecified atom stereocenters. The van der Waals surface area contributed by atoms with Gasteiger partial charge >= 0.3 is 12.0 Å². The molecule has 168 valence electrons. The molecule has 0 saturated carbocycles. The van der Waals surface area contributed by atoms with Gasteiger partial charge in [0.25, 0.3) is 5.91 Å². The number of nitrogens with zero attached hydrogens (tertiary/aromatic N) is 2. The van der Waals surface area contributed by atoms with Crippen LogP contribution in [0.1, 0.15) is 33.2 Å². The number of H-pyrrole nitrogens is 1. The van der Waals surface area contributed by atoms with E-state index in [9.17, 15) is 19.5 Å². The third-order valence-electron chi connectivity index (χ3n) is 6.59. The lowest BCUT2D eigenvalue weighted by molar-refractivity contribution is -0.120. The van der Waals surface area contributed by atoms with Gasteiger partial charge in [-0.3, -0.25) is 9.69 Å². The average Bonchev–Trinajstić information content (AvgIpc) is 3.32. The van der Waals surface area contributed by atoms with Crippen LogP contribution in [-0.4, -0.2) is 38.9 Å². The Morgan fingerprint density at radius 2 is 1.76 bits per heavy atom. The van der Waals surface area contributed by atoms with E-state index >= 15 is 0 Å². The topological polar surface area (TPSA) is 93.7 Å². The molecule has 4 aromatic rings. The van der Waals surface area contributed by atoms with Crippen molar-refractivity contribution < 1.29 is 19.5 Å². The monoisotopic (exact) mass is 471 g/mol. The third kappa shape index (κ3) is 2.87. The molecule has 2 aliphatic heterocycles. The molecule has 0 spiro atoms. The number of fused-ring (bicyclic) bond motifs is 4. The number of benzene rings is 3. The van der Waals surface area contributed by atoms with Gasteiger partial charge in [0.05, 0.1) is 11.3 Å². The van der Waals surface area contributed by atoms with Gasteiger partial charge in [-0.25, -0.2) is 14.5 Å². The second-order valence-electron chi connectivity index (χ2n) is 8.43. The van der Waals surface area contributed by atoms with Gasteiger partial charge in [-0.15, -0.1) is 0 Å². The van der Waals surface area contributed by atoms with E-state index in [1.165, 1.54) is 12.1 Å². The number of anilines is 1. The number of carboxylic acids is 1. The Morgan fingerprint density at radius 3 is 2.56 bits per heavy atom. The zero-order valence-electron chi connectivity index (χ0n) is 17.7. The van der Waals surface area contributed by atoms with Gasteiger partial charge in [-0.2, -0.15) is 0 Å². The Balaban J connectivity index is 1.56. The highest BCUT2D eigenvalue weighted by molar-refractivity contribution is 6.30. The van der Waals surface area contributed by atoms with Crippen LogP contribution < -0.4 is 4.90 Å². The Kier molecular flexibility index (Phi) is 4.50. The number of rotatable bonds is 3. The molecule has 1 fully saturated rings. The largest absolute Gasteiger partial charge is 0.478 e. The first-order chi connectivity index (χ1) is 16.5. The lowest BCUT2D eigenvalue weighted by Gasteiger charge is -2.36. The lowest BCUT2D eigenvalue weighted by Crippen LogP contribution is -2.44. The van der Waals surface area contributed by atoms with Gasteiger partial charge in [0.1, 0.15) is 12.1 Å². The summed E-state index contributed by atoms with van der Waals surface area (Å²) in [4.78, 5) is 45.3. The summed E-state index contributed by atoms with van der Waals surface area (Å²) in [6.45, 7) is 0. The molecule has 8 heteroatoms. The number of amides is 3. The van der Waals surface area contributed by atoms with E-state index in [1.807, 2.05) is 36.4 Å². The number of aromatic carboxylic acids is 1. The highest BCUT2D eigenvalue weighted by atomic mass is 35.5. The van der Waals surface area contributed by atoms with E-state index in [0.717, 1.165) is 32.6 Å². The Labute approximate surface area is 199 Å². The number of carbonyl (C=O) groups is 3. The van der Waals surface area contributed by atoms with E-state index in [1.54, 1.807) is 29.2 Å². The van der Waals surface area contributed by atoms with E-state index in [4.69, 9.17) is 11.6 Å². The van der Waals surface area contributed by atoms with Crippen molar-refractivity contribution in [3.63, 3.8) is 0 Å². The summed E-state index contributed by atoms with van der Waals surface area (Å²) in [5.41, 5.74) is 3.45. The fourth-order valence-electron chi connectivity index (χ4n) is 5.17. The zero-order valence-corrected chi connectivity index (χ0v) is 18.5. The Bertz CT molecular complexity index is 1510. The summed E-state index contributed by atoms with van der Waals surface area (Å²) in [6, 6.07) is 19.2. The highest BCUT2D eigenvalue weighted by Crippen LogP contribution is 2.45. The van der Waals surface area contributed by atoms with Crippen molar-refractivity contribution in [1.82, 2.24) is 9.88 Å². The molecule has 0 bridgehead atoms. The maximum absolute atomic E-state index is 13.8.